The van der Waals surface area contributed by atoms with E-state index in [4.69, 9.17) is 0 Å². The van der Waals surface area contributed by atoms with Gasteiger partial charge in [0.1, 0.15) is 0 Å². The van der Waals surface area contributed by atoms with Crippen molar-refractivity contribution in [3.05, 3.63) is 47.2 Å². The monoisotopic (exact) mass is 297 g/mol. The van der Waals surface area contributed by atoms with Gasteiger partial charge in [0.25, 0.3) is 5.91 Å². The standard InChI is InChI=1S/C18H23N3O/c1-13-6-5-9-15(10-13)18(22)19-17-12-16(20-21-17)11-14-7-3-2-4-8-14/h5-6,9-10,12,14H,2-4,7-8,11H2,1H3,(H2,19,20,21,22). The van der Waals surface area contributed by atoms with E-state index in [0.29, 0.717) is 11.4 Å². The van der Waals surface area contributed by atoms with E-state index in [1.165, 1.54) is 32.1 Å². The summed E-state index contributed by atoms with van der Waals surface area (Å²) in [7, 11) is 0. The van der Waals surface area contributed by atoms with Crippen LogP contribution >= 0.6 is 0 Å². The number of aromatic nitrogens is 2. The average Bonchev–Trinajstić information content (AvgIpc) is 2.95. The van der Waals surface area contributed by atoms with E-state index in [9.17, 15) is 4.79 Å². The van der Waals surface area contributed by atoms with Gasteiger partial charge in [0.05, 0.1) is 0 Å². The fourth-order valence-electron chi connectivity index (χ4n) is 3.21. The molecule has 0 saturated heterocycles. The van der Waals surface area contributed by atoms with Gasteiger partial charge >= 0.3 is 0 Å². The van der Waals surface area contributed by atoms with Crippen molar-refractivity contribution in [1.29, 1.82) is 0 Å². The second-order valence-electron chi connectivity index (χ2n) is 6.31. The number of hydrogen-bond acceptors (Lipinski definition) is 2. The predicted molar refractivity (Wildman–Crippen MR) is 88.0 cm³/mol. The first-order valence-electron chi connectivity index (χ1n) is 8.13. The van der Waals surface area contributed by atoms with Crippen molar-refractivity contribution in [3.63, 3.8) is 0 Å². The summed E-state index contributed by atoms with van der Waals surface area (Å²) in [4.78, 5) is 12.2. The predicted octanol–water partition coefficient (Wildman–Crippen LogP) is 4.09. The Labute approximate surface area is 131 Å². The van der Waals surface area contributed by atoms with Gasteiger partial charge in [-0.1, -0.05) is 49.8 Å². The first-order valence-corrected chi connectivity index (χ1v) is 8.13. The minimum absolute atomic E-state index is 0.112. The summed E-state index contributed by atoms with van der Waals surface area (Å²) >= 11 is 0. The number of aromatic amines is 1. The molecule has 2 aromatic rings. The molecule has 0 bridgehead atoms. The van der Waals surface area contributed by atoms with Crippen LogP contribution in [0.4, 0.5) is 5.82 Å². The lowest BCUT2D eigenvalue weighted by Gasteiger charge is -2.20. The van der Waals surface area contributed by atoms with E-state index in [1.807, 2.05) is 37.3 Å². The van der Waals surface area contributed by atoms with Crippen molar-refractivity contribution < 1.29 is 4.79 Å². The molecule has 1 aromatic carbocycles. The molecule has 1 aliphatic carbocycles. The molecule has 4 heteroatoms. The van der Waals surface area contributed by atoms with Crippen molar-refractivity contribution in [2.24, 2.45) is 5.92 Å². The van der Waals surface area contributed by atoms with Crippen molar-refractivity contribution in [2.45, 2.75) is 45.4 Å². The number of carbonyl (C=O) groups is 1. The fraction of sp³-hybridized carbons (Fsp3) is 0.444. The largest absolute Gasteiger partial charge is 0.305 e. The quantitative estimate of drug-likeness (QED) is 0.893. The summed E-state index contributed by atoms with van der Waals surface area (Å²) in [6, 6.07) is 9.53. The highest BCUT2D eigenvalue weighted by Crippen LogP contribution is 2.26. The second-order valence-corrected chi connectivity index (χ2v) is 6.31. The number of benzene rings is 1. The Bertz CT molecular complexity index is 641. The molecule has 0 spiro atoms. The summed E-state index contributed by atoms with van der Waals surface area (Å²) in [5.74, 6) is 1.26. The van der Waals surface area contributed by atoms with Gasteiger partial charge in [-0.3, -0.25) is 9.89 Å². The Morgan fingerprint density at radius 2 is 2.09 bits per heavy atom. The lowest BCUT2D eigenvalue weighted by molar-refractivity contribution is 0.102. The van der Waals surface area contributed by atoms with E-state index < -0.39 is 0 Å². The van der Waals surface area contributed by atoms with E-state index in [-0.39, 0.29) is 5.91 Å². The van der Waals surface area contributed by atoms with Crippen LogP contribution in [0.2, 0.25) is 0 Å². The third kappa shape index (κ3) is 3.75. The minimum atomic E-state index is -0.112. The molecular formula is C18H23N3O. The zero-order valence-corrected chi connectivity index (χ0v) is 13.1. The first kappa shape index (κ1) is 14.8. The fourth-order valence-corrected chi connectivity index (χ4v) is 3.21. The first-order chi connectivity index (χ1) is 10.7. The van der Waals surface area contributed by atoms with E-state index in [0.717, 1.165) is 23.6 Å². The molecule has 22 heavy (non-hydrogen) atoms. The summed E-state index contributed by atoms with van der Waals surface area (Å²) < 4.78 is 0. The Morgan fingerprint density at radius 1 is 1.27 bits per heavy atom. The smallest absolute Gasteiger partial charge is 0.256 e. The Morgan fingerprint density at radius 3 is 2.86 bits per heavy atom. The highest BCUT2D eigenvalue weighted by Gasteiger charge is 2.15. The van der Waals surface area contributed by atoms with Crippen molar-refractivity contribution in [3.8, 4) is 0 Å². The number of H-pyrrole nitrogens is 1. The number of amides is 1. The molecule has 0 unspecified atom stereocenters. The van der Waals surface area contributed by atoms with Gasteiger partial charge in [-0.25, -0.2) is 0 Å². The van der Waals surface area contributed by atoms with Crippen LogP contribution in [0.15, 0.2) is 30.3 Å². The minimum Gasteiger partial charge on any atom is -0.305 e. The highest BCUT2D eigenvalue weighted by atomic mass is 16.1. The number of carbonyl (C=O) groups excluding carboxylic acids is 1. The van der Waals surface area contributed by atoms with E-state index in [1.54, 1.807) is 0 Å². The van der Waals surface area contributed by atoms with Crippen LogP contribution in [0.5, 0.6) is 0 Å². The summed E-state index contributed by atoms with van der Waals surface area (Å²) in [5.41, 5.74) is 2.86. The molecule has 1 heterocycles. The molecule has 0 aliphatic heterocycles. The Hall–Kier alpha value is -2.10. The van der Waals surface area contributed by atoms with Gasteiger partial charge in [-0.05, 0) is 31.4 Å². The molecule has 1 aromatic heterocycles. The van der Waals surface area contributed by atoms with Gasteiger partial charge in [0, 0.05) is 17.3 Å². The molecule has 1 amide bonds. The highest BCUT2D eigenvalue weighted by molar-refractivity contribution is 6.03. The zero-order valence-electron chi connectivity index (χ0n) is 13.1. The third-order valence-corrected chi connectivity index (χ3v) is 4.39. The summed E-state index contributed by atoms with van der Waals surface area (Å²) in [5, 5.41) is 10.1. The van der Waals surface area contributed by atoms with Crippen LogP contribution in [0.25, 0.3) is 0 Å². The average molecular weight is 297 g/mol. The maximum Gasteiger partial charge on any atom is 0.256 e. The molecular weight excluding hydrogens is 274 g/mol. The maximum absolute atomic E-state index is 12.2. The number of hydrogen-bond donors (Lipinski definition) is 2. The molecule has 0 atom stereocenters. The topological polar surface area (TPSA) is 57.8 Å². The number of aryl methyl sites for hydroxylation is 1. The van der Waals surface area contributed by atoms with Crippen molar-refractivity contribution in [1.82, 2.24) is 10.2 Å². The molecule has 3 rings (SSSR count). The Balaban J connectivity index is 1.60. The van der Waals surface area contributed by atoms with Crippen LogP contribution in [0, 0.1) is 12.8 Å². The van der Waals surface area contributed by atoms with Gasteiger partial charge < -0.3 is 5.32 Å². The van der Waals surface area contributed by atoms with Crippen molar-refractivity contribution in [2.75, 3.05) is 5.32 Å². The Kier molecular flexibility index (Phi) is 4.56. The number of anilines is 1. The SMILES string of the molecule is Cc1cccc(C(=O)Nc2cc(CC3CCCCC3)[nH]n2)c1. The van der Waals surface area contributed by atoms with Crippen LogP contribution in [0.1, 0.15) is 53.7 Å². The van der Waals surface area contributed by atoms with Crippen LogP contribution in [-0.2, 0) is 6.42 Å². The summed E-state index contributed by atoms with van der Waals surface area (Å²) in [6.07, 6.45) is 7.71. The molecule has 116 valence electrons. The van der Waals surface area contributed by atoms with Crippen LogP contribution in [0.3, 0.4) is 0 Å². The third-order valence-electron chi connectivity index (χ3n) is 4.39. The summed E-state index contributed by atoms with van der Waals surface area (Å²) in [6.45, 7) is 1.98. The number of nitrogens with zero attached hydrogens (tertiary/aromatic N) is 1. The normalized spacial score (nSPS) is 15.7. The van der Waals surface area contributed by atoms with Gasteiger partial charge in [-0.2, -0.15) is 5.10 Å². The lowest BCUT2D eigenvalue weighted by atomic mass is 9.86. The second kappa shape index (κ2) is 6.77. The van der Waals surface area contributed by atoms with Gasteiger partial charge in [-0.15, -0.1) is 0 Å². The molecule has 1 saturated carbocycles. The number of nitrogens with one attached hydrogen (secondary N) is 2. The van der Waals surface area contributed by atoms with Crippen LogP contribution in [-0.4, -0.2) is 16.1 Å². The molecule has 0 radical (unpaired) electrons. The van der Waals surface area contributed by atoms with Crippen molar-refractivity contribution >= 4 is 11.7 Å². The van der Waals surface area contributed by atoms with E-state index >= 15 is 0 Å². The molecule has 1 fully saturated rings. The molecule has 4 nitrogen and oxygen atoms in total. The van der Waals surface area contributed by atoms with E-state index in [2.05, 4.69) is 15.5 Å². The van der Waals surface area contributed by atoms with Gasteiger partial charge in [0.2, 0.25) is 0 Å². The maximum atomic E-state index is 12.2. The zero-order chi connectivity index (χ0) is 15.4. The number of rotatable bonds is 4. The molecule has 1 aliphatic rings. The van der Waals surface area contributed by atoms with Gasteiger partial charge in [0.15, 0.2) is 5.82 Å². The molecule has 2 N–H and O–H groups in total. The lowest BCUT2D eigenvalue weighted by Crippen LogP contribution is -2.12. The van der Waals surface area contributed by atoms with Crippen LogP contribution < -0.4 is 5.32 Å².